The maximum absolute atomic E-state index is 6.12. The van der Waals surface area contributed by atoms with Crippen molar-refractivity contribution in [3.05, 3.63) is 53.6 Å². The largest absolute Gasteiger partial charge is 0.397 e. The summed E-state index contributed by atoms with van der Waals surface area (Å²) in [5.41, 5.74) is 11.0. The average Bonchev–Trinajstić information content (AvgIpc) is 2.81. The second-order valence-electron chi connectivity index (χ2n) is 4.93. The number of hydrogen-bond acceptors (Lipinski definition) is 3. The van der Waals surface area contributed by atoms with Crippen LogP contribution in [0.25, 0.3) is 11.0 Å². The van der Waals surface area contributed by atoms with Gasteiger partial charge in [0.05, 0.1) is 28.8 Å². The molecule has 0 radical (unpaired) electrons. The highest BCUT2D eigenvalue weighted by atomic mass is 15.1. The highest BCUT2D eigenvalue weighted by Gasteiger charge is 2.12. The van der Waals surface area contributed by atoms with Gasteiger partial charge in [-0.05, 0) is 37.6 Å². The molecule has 0 bridgehead atoms. The number of nitrogens with two attached hydrogens (primary N) is 1. The Kier molecular flexibility index (Phi) is 3.14. The van der Waals surface area contributed by atoms with Crippen molar-refractivity contribution in [1.82, 2.24) is 14.5 Å². The summed E-state index contributed by atoms with van der Waals surface area (Å²) in [6, 6.07) is 10.1. The number of rotatable bonds is 3. The molecule has 2 heterocycles. The van der Waals surface area contributed by atoms with Crippen molar-refractivity contribution in [3.8, 4) is 0 Å². The highest BCUT2D eigenvalue weighted by Crippen LogP contribution is 2.21. The molecule has 20 heavy (non-hydrogen) atoms. The maximum Gasteiger partial charge on any atom is 0.115 e. The van der Waals surface area contributed by atoms with Crippen LogP contribution in [0.1, 0.15) is 24.0 Å². The van der Waals surface area contributed by atoms with Crippen molar-refractivity contribution >= 4 is 16.7 Å². The first-order valence-corrected chi connectivity index (χ1v) is 6.84. The Bertz CT molecular complexity index is 758. The Morgan fingerprint density at radius 2 is 2.00 bits per heavy atom. The van der Waals surface area contributed by atoms with Crippen molar-refractivity contribution < 1.29 is 0 Å². The van der Waals surface area contributed by atoms with Gasteiger partial charge in [-0.2, -0.15) is 0 Å². The molecule has 0 atom stereocenters. The summed E-state index contributed by atoms with van der Waals surface area (Å²) >= 11 is 0. The number of aryl methyl sites for hydroxylation is 2. The van der Waals surface area contributed by atoms with E-state index >= 15 is 0 Å². The monoisotopic (exact) mass is 266 g/mol. The molecule has 4 nitrogen and oxygen atoms in total. The lowest BCUT2D eigenvalue weighted by Gasteiger charge is -2.09. The first-order chi connectivity index (χ1) is 9.70. The van der Waals surface area contributed by atoms with Crippen LogP contribution < -0.4 is 5.73 Å². The van der Waals surface area contributed by atoms with Crippen LogP contribution in [0, 0.1) is 6.92 Å². The molecule has 0 amide bonds. The normalized spacial score (nSPS) is 11.1. The summed E-state index contributed by atoms with van der Waals surface area (Å²) in [4.78, 5) is 9.12. The quantitative estimate of drug-likeness (QED) is 0.793. The standard InChI is InChI=1S/C16H18N4/c1-3-20-14-7-5-4-6-12(14)19-15(20)10-13-16(17)11(2)8-9-18-13/h4-9H,3,10,17H2,1-2H3. The number of nitrogens with zero attached hydrogens (tertiary/aromatic N) is 3. The number of pyridine rings is 1. The third-order valence-electron chi connectivity index (χ3n) is 3.67. The van der Waals surface area contributed by atoms with Crippen LogP contribution in [0.3, 0.4) is 0 Å². The van der Waals surface area contributed by atoms with Gasteiger partial charge >= 0.3 is 0 Å². The van der Waals surface area contributed by atoms with Gasteiger partial charge in [0.25, 0.3) is 0 Å². The van der Waals surface area contributed by atoms with E-state index in [4.69, 9.17) is 10.7 Å². The number of nitrogen functional groups attached to an aromatic ring is 1. The fourth-order valence-electron chi connectivity index (χ4n) is 2.53. The second-order valence-corrected chi connectivity index (χ2v) is 4.93. The van der Waals surface area contributed by atoms with E-state index in [9.17, 15) is 0 Å². The molecular formula is C16H18N4. The number of anilines is 1. The van der Waals surface area contributed by atoms with Crippen LogP contribution >= 0.6 is 0 Å². The van der Waals surface area contributed by atoms with Crippen LogP contribution in [0.5, 0.6) is 0 Å². The molecule has 0 aliphatic rings. The molecule has 0 spiro atoms. The van der Waals surface area contributed by atoms with Crippen molar-refractivity contribution in [3.63, 3.8) is 0 Å². The lowest BCUT2D eigenvalue weighted by atomic mass is 10.1. The van der Waals surface area contributed by atoms with Gasteiger partial charge in [-0.25, -0.2) is 4.98 Å². The first kappa shape index (κ1) is 12.7. The number of benzene rings is 1. The van der Waals surface area contributed by atoms with Crippen molar-refractivity contribution in [2.45, 2.75) is 26.8 Å². The molecule has 0 aliphatic carbocycles. The maximum atomic E-state index is 6.12. The van der Waals surface area contributed by atoms with Gasteiger partial charge in [0.1, 0.15) is 5.82 Å². The summed E-state index contributed by atoms with van der Waals surface area (Å²) in [5.74, 6) is 1.01. The third-order valence-corrected chi connectivity index (χ3v) is 3.67. The van der Waals surface area contributed by atoms with E-state index in [0.717, 1.165) is 40.3 Å². The third kappa shape index (κ3) is 2.03. The van der Waals surface area contributed by atoms with Gasteiger partial charge < -0.3 is 10.3 Å². The molecule has 4 heteroatoms. The molecule has 102 valence electrons. The number of aromatic nitrogens is 3. The molecule has 1 aromatic carbocycles. The lowest BCUT2D eigenvalue weighted by molar-refractivity contribution is 0.729. The lowest BCUT2D eigenvalue weighted by Crippen LogP contribution is -2.06. The highest BCUT2D eigenvalue weighted by molar-refractivity contribution is 5.76. The molecule has 0 saturated carbocycles. The fourth-order valence-corrected chi connectivity index (χ4v) is 2.53. The van der Waals surface area contributed by atoms with E-state index in [1.54, 1.807) is 6.20 Å². The zero-order chi connectivity index (χ0) is 14.1. The molecule has 0 saturated heterocycles. The van der Waals surface area contributed by atoms with Crippen molar-refractivity contribution in [1.29, 1.82) is 0 Å². The fraction of sp³-hybridized carbons (Fsp3) is 0.250. The number of para-hydroxylation sites is 2. The Morgan fingerprint density at radius 1 is 1.20 bits per heavy atom. The summed E-state index contributed by atoms with van der Waals surface area (Å²) in [6.07, 6.45) is 2.47. The van der Waals surface area contributed by atoms with Crippen LogP contribution in [0.2, 0.25) is 0 Å². The minimum absolute atomic E-state index is 0.663. The molecule has 2 aromatic heterocycles. The molecule has 0 fully saturated rings. The van der Waals surface area contributed by atoms with Gasteiger partial charge in [0.15, 0.2) is 0 Å². The van der Waals surface area contributed by atoms with Crippen LogP contribution in [-0.2, 0) is 13.0 Å². The minimum Gasteiger partial charge on any atom is -0.397 e. The number of imidazole rings is 1. The van der Waals surface area contributed by atoms with Gasteiger partial charge in [0, 0.05) is 12.7 Å². The van der Waals surface area contributed by atoms with E-state index in [1.807, 2.05) is 31.2 Å². The van der Waals surface area contributed by atoms with Gasteiger partial charge in [0.2, 0.25) is 0 Å². The van der Waals surface area contributed by atoms with Gasteiger partial charge in [-0.15, -0.1) is 0 Å². The SMILES string of the molecule is CCn1c(Cc2nccc(C)c2N)nc2ccccc21. The second kappa shape index (κ2) is 4.96. The zero-order valence-electron chi connectivity index (χ0n) is 11.8. The predicted octanol–water partition coefficient (Wildman–Crippen LogP) is 2.93. The van der Waals surface area contributed by atoms with Crippen LogP contribution in [0.15, 0.2) is 36.5 Å². The van der Waals surface area contributed by atoms with Crippen molar-refractivity contribution in [2.75, 3.05) is 5.73 Å². The van der Waals surface area contributed by atoms with E-state index in [-0.39, 0.29) is 0 Å². The van der Waals surface area contributed by atoms with E-state index in [1.165, 1.54) is 0 Å². The van der Waals surface area contributed by atoms with Crippen LogP contribution in [0.4, 0.5) is 5.69 Å². The first-order valence-electron chi connectivity index (χ1n) is 6.84. The van der Waals surface area contributed by atoms with E-state index in [0.29, 0.717) is 6.42 Å². The average molecular weight is 266 g/mol. The molecule has 3 aromatic rings. The summed E-state index contributed by atoms with van der Waals surface area (Å²) < 4.78 is 2.22. The summed E-state index contributed by atoms with van der Waals surface area (Å²) in [5, 5.41) is 0. The Morgan fingerprint density at radius 3 is 2.80 bits per heavy atom. The predicted molar refractivity (Wildman–Crippen MR) is 81.6 cm³/mol. The summed E-state index contributed by atoms with van der Waals surface area (Å²) in [6.45, 7) is 5.02. The topological polar surface area (TPSA) is 56.7 Å². The number of hydrogen-bond donors (Lipinski definition) is 1. The van der Waals surface area contributed by atoms with Gasteiger partial charge in [-0.3, -0.25) is 4.98 Å². The Balaban J connectivity index is 2.08. The Hall–Kier alpha value is -2.36. The van der Waals surface area contributed by atoms with Gasteiger partial charge in [-0.1, -0.05) is 12.1 Å². The molecule has 0 unspecified atom stereocenters. The molecule has 2 N–H and O–H groups in total. The van der Waals surface area contributed by atoms with E-state index < -0.39 is 0 Å². The minimum atomic E-state index is 0.663. The zero-order valence-corrected chi connectivity index (χ0v) is 11.8. The molecule has 0 aliphatic heterocycles. The summed E-state index contributed by atoms with van der Waals surface area (Å²) in [7, 11) is 0. The molecule has 3 rings (SSSR count). The van der Waals surface area contributed by atoms with Crippen LogP contribution in [-0.4, -0.2) is 14.5 Å². The van der Waals surface area contributed by atoms with E-state index in [2.05, 4.69) is 22.5 Å². The van der Waals surface area contributed by atoms with Crippen molar-refractivity contribution in [2.24, 2.45) is 0 Å². The molecular weight excluding hydrogens is 248 g/mol. The number of fused-ring (bicyclic) bond motifs is 1. The Labute approximate surface area is 118 Å². The smallest absolute Gasteiger partial charge is 0.115 e.